The molecule has 0 aliphatic carbocycles. The molecular formula is C20H27N3O4. The summed E-state index contributed by atoms with van der Waals surface area (Å²) in [7, 11) is 3.92. The number of aromatic nitrogens is 1. The molecule has 2 aromatic rings. The van der Waals surface area contributed by atoms with Crippen LogP contribution in [0.4, 0.5) is 0 Å². The number of hydrogen-bond donors (Lipinski definition) is 0. The van der Waals surface area contributed by atoms with Crippen molar-refractivity contribution in [1.29, 1.82) is 0 Å². The van der Waals surface area contributed by atoms with E-state index in [1.54, 1.807) is 13.2 Å². The Kier molecular flexibility index (Phi) is 4.82. The molecule has 0 bridgehead atoms. The van der Waals surface area contributed by atoms with E-state index in [1.165, 1.54) is 4.57 Å². The Morgan fingerprint density at radius 1 is 1.30 bits per heavy atom. The molecule has 2 saturated heterocycles. The van der Waals surface area contributed by atoms with Crippen molar-refractivity contribution in [3.8, 4) is 0 Å². The standard InChI is InChI=1S/C20H27N3O4/c1-21-11-15(13-26-2)20(14-21)7-9-22(10-8-20)18(24)12-23-16-5-3-4-6-17(16)27-19(23)25/h3-6,15H,7-14H2,1-2H3. The molecule has 1 aromatic heterocycles. The Hall–Kier alpha value is -2.12. The van der Waals surface area contributed by atoms with E-state index in [4.69, 9.17) is 9.15 Å². The molecule has 2 aliphatic heterocycles. The van der Waals surface area contributed by atoms with Gasteiger partial charge in [0.25, 0.3) is 0 Å². The number of rotatable bonds is 4. The second kappa shape index (κ2) is 7.13. The summed E-state index contributed by atoms with van der Waals surface area (Å²) in [5.41, 5.74) is 1.42. The first kappa shape index (κ1) is 18.3. The highest BCUT2D eigenvalue weighted by atomic mass is 16.5. The number of hydrogen-bond acceptors (Lipinski definition) is 5. The third-order valence-corrected chi connectivity index (χ3v) is 6.33. The summed E-state index contributed by atoms with van der Waals surface area (Å²) in [6.07, 6.45) is 1.97. The molecule has 7 nitrogen and oxygen atoms in total. The average Bonchev–Trinajstić information content (AvgIpc) is 3.13. The maximum Gasteiger partial charge on any atom is 0.420 e. The molecular weight excluding hydrogens is 346 g/mol. The van der Waals surface area contributed by atoms with Gasteiger partial charge in [-0.25, -0.2) is 4.79 Å². The first-order chi connectivity index (χ1) is 13.0. The maximum atomic E-state index is 12.8. The maximum absolute atomic E-state index is 12.8. The van der Waals surface area contributed by atoms with E-state index in [2.05, 4.69) is 11.9 Å². The number of carbonyl (C=O) groups is 1. The molecule has 1 atom stereocenters. The summed E-state index contributed by atoms with van der Waals surface area (Å²) in [5.74, 6) is 0.0222. The van der Waals surface area contributed by atoms with Gasteiger partial charge in [-0.15, -0.1) is 0 Å². The van der Waals surface area contributed by atoms with Gasteiger partial charge in [0.1, 0.15) is 6.54 Å². The lowest BCUT2D eigenvalue weighted by atomic mass is 9.71. The van der Waals surface area contributed by atoms with Crippen LogP contribution in [0, 0.1) is 11.3 Å². The molecule has 3 heterocycles. The van der Waals surface area contributed by atoms with Crippen molar-refractivity contribution in [2.24, 2.45) is 11.3 Å². The minimum absolute atomic E-state index is 0.0202. The van der Waals surface area contributed by atoms with Crippen molar-refractivity contribution in [2.75, 3.05) is 46.9 Å². The first-order valence-electron chi connectivity index (χ1n) is 9.56. The van der Waals surface area contributed by atoms with Crippen LogP contribution < -0.4 is 5.76 Å². The zero-order valence-electron chi connectivity index (χ0n) is 16.0. The van der Waals surface area contributed by atoms with E-state index in [9.17, 15) is 9.59 Å². The van der Waals surface area contributed by atoms with Crippen molar-refractivity contribution < 1.29 is 13.9 Å². The molecule has 4 rings (SSSR count). The van der Waals surface area contributed by atoms with Gasteiger partial charge < -0.3 is 19.0 Å². The molecule has 1 spiro atoms. The fourth-order valence-corrected chi connectivity index (χ4v) is 4.90. The van der Waals surface area contributed by atoms with Crippen molar-refractivity contribution in [3.05, 3.63) is 34.8 Å². The molecule has 0 saturated carbocycles. The van der Waals surface area contributed by atoms with Crippen molar-refractivity contribution in [2.45, 2.75) is 19.4 Å². The molecule has 27 heavy (non-hydrogen) atoms. The predicted molar refractivity (Wildman–Crippen MR) is 102 cm³/mol. The van der Waals surface area contributed by atoms with Crippen molar-refractivity contribution in [3.63, 3.8) is 0 Å². The third-order valence-electron chi connectivity index (χ3n) is 6.33. The van der Waals surface area contributed by atoms with E-state index >= 15 is 0 Å². The minimum Gasteiger partial charge on any atom is -0.408 e. The summed E-state index contributed by atoms with van der Waals surface area (Å²) in [5, 5.41) is 0. The van der Waals surface area contributed by atoms with Crippen molar-refractivity contribution >= 4 is 17.0 Å². The van der Waals surface area contributed by atoms with E-state index in [-0.39, 0.29) is 17.9 Å². The number of para-hydroxylation sites is 2. The number of likely N-dealkylation sites (tertiary alicyclic amines) is 2. The highest BCUT2D eigenvalue weighted by Crippen LogP contribution is 2.44. The SMILES string of the molecule is COCC1CN(C)CC12CCN(C(=O)Cn1c(=O)oc3ccccc31)CC2. The Balaban J connectivity index is 1.44. The normalized spacial score (nSPS) is 22.7. The average molecular weight is 373 g/mol. The van der Waals surface area contributed by atoms with Crippen LogP contribution in [0.5, 0.6) is 0 Å². The molecule has 0 radical (unpaired) electrons. The van der Waals surface area contributed by atoms with E-state index in [0.29, 0.717) is 17.0 Å². The highest BCUT2D eigenvalue weighted by Gasteiger charge is 2.47. The van der Waals surface area contributed by atoms with Gasteiger partial charge in [-0.3, -0.25) is 9.36 Å². The Morgan fingerprint density at radius 3 is 2.78 bits per heavy atom. The Morgan fingerprint density at radius 2 is 2.04 bits per heavy atom. The third kappa shape index (κ3) is 3.30. The molecule has 1 unspecified atom stereocenters. The lowest BCUT2D eigenvalue weighted by molar-refractivity contribution is -0.134. The molecule has 7 heteroatoms. The topological polar surface area (TPSA) is 67.9 Å². The fourth-order valence-electron chi connectivity index (χ4n) is 4.90. The lowest BCUT2D eigenvalue weighted by Gasteiger charge is -2.42. The van der Waals surface area contributed by atoms with Gasteiger partial charge in [0.05, 0.1) is 12.1 Å². The fraction of sp³-hybridized carbons (Fsp3) is 0.600. The van der Waals surface area contributed by atoms with Gasteiger partial charge in [0.15, 0.2) is 5.58 Å². The number of fused-ring (bicyclic) bond motifs is 1. The summed E-state index contributed by atoms with van der Waals surface area (Å²) in [4.78, 5) is 29.2. The van der Waals surface area contributed by atoms with Gasteiger partial charge in [-0.2, -0.15) is 0 Å². The van der Waals surface area contributed by atoms with Crippen LogP contribution >= 0.6 is 0 Å². The van der Waals surface area contributed by atoms with Gasteiger partial charge >= 0.3 is 5.76 Å². The largest absolute Gasteiger partial charge is 0.420 e. The zero-order valence-corrected chi connectivity index (χ0v) is 16.0. The molecule has 2 fully saturated rings. The lowest BCUT2D eigenvalue weighted by Crippen LogP contribution is -2.48. The van der Waals surface area contributed by atoms with Gasteiger partial charge in [-0.1, -0.05) is 12.1 Å². The summed E-state index contributed by atoms with van der Waals surface area (Å²) < 4.78 is 12.1. The molecule has 2 aliphatic rings. The molecule has 0 N–H and O–H groups in total. The quantitative estimate of drug-likeness (QED) is 0.811. The van der Waals surface area contributed by atoms with Crippen LogP contribution in [0.1, 0.15) is 12.8 Å². The van der Waals surface area contributed by atoms with Crippen LogP contribution in [0.15, 0.2) is 33.5 Å². The summed E-state index contributed by atoms with van der Waals surface area (Å²) in [6.45, 7) is 4.39. The van der Waals surface area contributed by atoms with Crippen LogP contribution in [0.25, 0.3) is 11.1 Å². The molecule has 146 valence electrons. The summed E-state index contributed by atoms with van der Waals surface area (Å²) >= 11 is 0. The number of piperidine rings is 1. The second-order valence-electron chi connectivity index (χ2n) is 8.01. The highest BCUT2D eigenvalue weighted by molar-refractivity contribution is 5.79. The van der Waals surface area contributed by atoms with Crippen LogP contribution in [0.3, 0.4) is 0 Å². The first-order valence-corrected chi connectivity index (χ1v) is 9.56. The number of oxazole rings is 1. The number of benzene rings is 1. The number of methoxy groups -OCH3 is 1. The van der Waals surface area contributed by atoms with Gasteiger partial charge in [0, 0.05) is 39.2 Å². The summed E-state index contributed by atoms with van der Waals surface area (Å²) in [6, 6.07) is 7.21. The monoisotopic (exact) mass is 373 g/mol. The van der Waals surface area contributed by atoms with Gasteiger partial charge in [-0.05, 0) is 37.4 Å². The Bertz CT molecular complexity index is 879. The van der Waals surface area contributed by atoms with E-state index < -0.39 is 5.76 Å². The second-order valence-corrected chi connectivity index (χ2v) is 8.01. The molecule has 1 amide bonds. The zero-order chi connectivity index (χ0) is 19.0. The number of nitrogens with zero attached hydrogens (tertiary/aromatic N) is 3. The van der Waals surface area contributed by atoms with Crippen LogP contribution in [-0.4, -0.2) is 67.2 Å². The predicted octanol–water partition coefficient (Wildman–Crippen LogP) is 1.41. The van der Waals surface area contributed by atoms with Crippen molar-refractivity contribution in [1.82, 2.24) is 14.4 Å². The number of amides is 1. The minimum atomic E-state index is -0.476. The Labute approximate surface area is 158 Å². The van der Waals surface area contributed by atoms with E-state index in [0.717, 1.165) is 45.6 Å². The van der Waals surface area contributed by atoms with Gasteiger partial charge in [0.2, 0.25) is 5.91 Å². The van der Waals surface area contributed by atoms with E-state index in [1.807, 2.05) is 23.1 Å². The smallest absolute Gasteiger partial charge is 0.408 e. The van der Waals surface area contributed by atoms with Crippen LogP contribution in [0.2, 0.25) is 0 Å². The number of ether oxygens (including phenoxy) is 1. The number of carbonyl (C=O) groups excluding carboxylic acids is 1. The van der Waals surface area contributed by atoms with Crippen LogP contribution in [-0.2, 0) is 16.1 Å². The molecule has 1 aromatic carbocycles.